The number of amides is 2. The summed E-state index contributed by atoms with van der Waals surface area (Å²) in [5, 5.41) is 5.25. The highest BCUT2D eigenvalue weighted by atomic mass is 79.9. The lowest BCUT2D eigenvalue weighted by atomic mass is 10.1. The van der Waals surface area contributed by atoms with Crippen LogP contribution in [0.3, 0.4) is 0 Å². The lowest BCUT2D eigenvalue weighted by Crippen LogP contribution is -2.35. The second-order valence-corrected chi connectivity index (χ2v) is 9.32. The maximum absolute atomic E-state index is 13.1. The number of rotatable bonds is 8. The van der Waals surface area contributed by atoms with E-state index in [2.05, 4.69) is 26.6 Å². The monoisotopic (exact) mass is 485 g/mol. The average molecular weight is 486 g/mol. The third-order valence-corrected chi connectivity index (χ3v) is 6.75. The normalized spacial score (nSPS) is 11.3. The summed E-state index contributed by atoms with van der Waals surface area (Å²) in [6, 6.07) is 10.0. The quantitative estimate of drug-likeness (QED) is 0.558. The Hall–Kier alpha value is -2.30. The van der Waals surface area contributed by atoms with Gasteiger partial charge in [0.15, 0.2) is 0 Å². The molecule has 2 aromatic carbocycles. The van der Waals surface area contributed by atoms with Gasteiger partial charge in [0, 0.05) is 37.2 Å². The molecule has 2 rings (SSSR count). The van der Waals surface area contributed by atoms with Crippen LogP contribution in [0, 0.1) is 5.82 Å². The van der Waals surface area contributed by atoms with Crippen molar-refractivity contribution in [2.24, 2.45) is 0 Å². The molecule has 0 aliphatic rings. The molecule has 156 valence electrons. The first-order valence-electron chi connectivity index (χ1n) is 8.62. The summed E-state index contributed by atoms with van der Waals surface area (Å²) in [5.74, 6) is -1.17. The molecule has 0 saturated heterocycles. The fourth-order valence-electron chi connectivity index (χ4n) is 2.41. The van der Waals surface area contributed by atoms with Gasteiger partial charge in [0.2, 0.25) is 15.9 Å². The van der Waals surface area contributed by atoms with E-state index in [9.17, 15) is 22.4 Å². The third kappa shape index (κ3) is 6.34. The molecule has 29 heavy (non-hydrogen) atoms. The zero-order chi connectivity index (χ0) is 21.6. The fourth-order valence-corrected chi connectivity index (χ4v) is 4.26. The van der Waals surface area contributed by atoms with E-state index in [4.69, 9.17) is 0 Å². The van der Waals surface area contributed by atoms with Gasteiger partial charge in [0.1, 0.15) is 5.82 Å². The Morgan fingerprint density at radius 2 is 1.76 bits per heavy atom. The molecular formula is C19H21BrFN3O4S. The van der Waals surface area contributed by atoms with Crippen molar-refractivity contribution in [2.75, 3.05) is 27.2 Å². The van der Waals surface area contributed by atoms with E-state index in [1.807, 2.05) is 0 Å². The second-order valence-electron chi connectivity index (χ2n) is 6.35. The van der Waals surface area contributed by atoms with Gasteiger partial charge in [0.05, 0.1) is 11.3 Å². The van der Waals surface area contributed by atoms with Gasteiger partial charge in [0.25, 0.3) is 5.91 Å². The maximum atomic E-state index is 13.1. The molecule has 0 unspecified atom stereocenters. The van der Waals surface area contributed by atoms with E-state index in [-0.39, 0.29) is 35.9 Å². The highest BCUT2D eigenvalue weighted by Crippen LogP contribution is 2.25. The Labute approximate surface area is 177 Å². The lowest BCUT2D eigenvalue weighted by molar-refractivity contribution is -0.120. The molecule has 0 aliphatic carbocycles. The zero-order valence-electron chi connectivity index (χ0n) is 15.9. The molecule has 0 atom stereocenters. The largest absolute Gasteiger partial charge is 0.354 e. The highest BCUT2D eigenvalue weighted by Gasteiger charge is 2.22. The first-order chi connectivity index (χ1) is 13.6. The van der Waals surface area contributed by atoms with Crippen LogP contribution in [0.4, 0.5) is 4.39 Å². The van der Waals surface area contributed by atoms with Gasteiger partial charge in [-0.1, -0.05) is 12.1 Å². The number of nitrogens with one attached hydrogen (secondary N) is 2. The Bertz CT molecular complexity index is 1010. The summed E-state index contributed by atoms with van der Waals surface area (Å²) >= 11 is 3.19. The van der Waals surface area contributed by atoms with E-state index in [1.165, 1.54) is 50.5 Å². The first-order valence-corrected chi connectivity index (χ1v) is 10.9. The number of carbonyl (C=O) groups is 2. The molecular weight excluding hydrogens is 465 g/mol. The van der Waals surface area contributed by atoms with Gasteiger partial charge < -0.3 is 10.6 Å². The van der Waals surface area contributed by atoms with Crippen molar-refractivity contribution < 1.29 is 22.4 Å². The fraction of sp³-hybridized carbons (Fsp3) is 0.263. The summed E-state index contributed by atoms with van der Waals surface area (Å²) in [7, 11) is -0.902. The number of hydrogen-bond acceptors (Lipinski definition) is 4. The van der Waals surface area contributed by atoms with Gasteiger partial charge in [-0.15, -0.1) is 0 Å². The molecule has 0 radical (unpaired) electrons. The second kappa shape index (κ2) is 9.95. The van der Waals surface area contributed by atoms with Crippen LogP contribution >= 0.6 is 15.9 Å². The smallest absolute Gasteiger partial charge is 0.251 e. The summed E-state index contributed by atoms with van der Waals surface area (Å²) in [6.45, 7) is 0.332. The summed E-state index contributed by atoms with van der Waals surface area (Å²) in [6.07, 6.45) is 0.0319. The van der Waals surface area contributed by atoms with Crippen molar-refractivity contribution in [1.82, 2.24) is 14.9 Å². The standard InChI is InChI=1S/C19H21BrFN3O4S/c1-24(2)29(27,28)17-12-14(6-7-16(17)20)19(26)23-9-8-22-18(25)11-13-4-3-5-15(21)10-13/h3-7,10,12H,8-9,11H2,1-2H3,(H,22,25)(H,23,26). The van der Waals surface area contributed by atoms with E-state index in [0.29, 0.717) is 10.0 Å². The predicted octanol–water partition coefficient (Wildman–Crippen LogP) is 1.93. The van der Waals surface area contributed by atoms with Crippen molar-refractivity contribution in [3.63, 3.8) is 0 Å². The molecule has 7 nitrogen and oxygen atoms in total. The summed E-state index contributed by atoms with van der Waals surface area (Å²) in [4.78, 5) is 24.1. The predicted molar refractivity (Wildman–Crippen MR) is 110 cm³/mol. The molecule has 2 N–H and O–H groups in total. The van der Waals surface area contributed by atoms with Crippen LogP contribution < -0.4 is 10.6 Å². The lowest BCUT2D eigenvalue weighted by Gasteiger charge is -2.14. The summed E-state index contributed by atoms with van der Waals surface area (Å²) < 4.78 is 39.2. The number of sulfonamides is 1. The SMILES string of the molecule is CN(C)S(=O)(=O)c1cc(C(=O)NCCNC(=O)Cc2cccc(F)c2)ccc1Br. The minimum absolute atomic E-state index is 0.0152. The molecule has 0 saturated carbocycles. The van der Waals surface area contributed by atoms with Crippen molar-refractivity contribution in [2.45, 2.75) is 11.3 Å². The Morgan fingerprint density at radius 1 is 1.07 bits per heavy atom. The molecule has 0 fully saturated rings. The van der Waals surface area contributed by atoms with Gasteiger partial charge >= 0.3 is 0 Å². The van der Waals surface area contributed by atoms with Crippen LogP contribution in [-0.4, -0.2) is 51.7 Å². The van der Waals surface area contributed by atoms with Gasteiger partial charge in [-0.05, 0) is 51.8 Å². The van der Waals surface area contributed by atoms with E-state index in [0.717, 1.165) is 4.31 Å². The van der Waals surface area contributed by atoms with Crippen molar-refractivity contribution in [1.29, 1.82) is 0 Å². The van der Waals surface area contributed by atoms with Crippen molar-refractivity contribution in [3.8, 4) is 0 Å². The van der Waals surface area contributed by atoms with Gasteiger partial charge in [-0.2, -0.15) is 0 Å². The molecule has 2 aromatic rings. The molecule has 10 heteroatoms. The molecule has 0 heterocycles. The van der Waals surface area contributed by atoms with Gasteiger partial charge in [-0.25, -0.2) is 17.1 Å². The molecule has 0 aliphatic heterocycles. The van der Waals surface area contributed by atoms with Crippen molar-refractivity contribution in [3.05, 3.63) is 63.9 Å². The van der Waals surface area contributed by atoms with Crippen molar-refractivity contribution >= 4 is 37.8 Å². The first kappa shape index (κ1) is 23.0. The number of hydrogen-bond donors (Lipinski definition) is 2. The summed E-state index contributed by atoms with van der Waals surface area (Å²) in [5.41, 5.74) is 0.732. The molecule has 0 bridgehead atoms. The number of halogens is 2. The van der Waals surface area contributed by atoms with Crippen LogP contribution in [0.25, 0.3) is 0 Å². The Morgan fingerprint density at radius 3 is 2.41 bits per heavy atom. The van der Waals surface area contributed by atoms with Gasteiger partial charge in [-0.3, -0.25) is 9.59 Å². The number of nitrogens with zero attached hydrogens (tertiary/aromatic N) is 1. The molecule has 2 amide bonds. The zero-order valence-corrected chi connectivity index (χ0v) is 18.3. The maximum Gasteiger partial charge on any atom is 0.251 e. The Kier molecular flexibility index (Phi) is 7.88. The van der Waals surface area contributed by atoms with Crippen LogP contribution in [0.5, 0.6) is 0 Å². The topological polar surface area (TPSA) is 95.6 Å². The third-order valence-electron chi connectivity index (χ3n) is 3.94. The Balaban J connectivity index is 1.89. The van der Waals surface area contributed by atoms with Crippen LogP contribution in [-0.2, 0) is 21.2 Å². The highest BCUT2D eigenvalue weighted by molar-refractivity contribution is 9.10. The average Bonchev–Trinajstić information content (AvgIpc) is 2.65. The van der Waals surface area contributed by atoms with E-state index < -0.39 is 21.7 Å². The number of carbonyl (C=O) groups excluding carboxylic acids is 2. The minimum Gasteiger partial charge on any atom is -0.354 e. The molecule has 0 spiro atoms. The number of benzene rings is 2. The van der Waals surface area contributed by atoms with Crippen LogP contribution in [0.2, 0.25) is 0 Å². The molecule has 0 aromatic heterocycles. The van der Waals surface area contributed by atoms with Crippen LogP contribution in [0.1, 0.15) is 15.9 Å². The van der Waals surface area contributed by atoms with E-state index in [1.54, 1.807) is 6.07 Å². The minimum atomic E-state index is -3.71. The van der Waals surface area contributed by atoms with E-state index >= 15 is 0 Å². The van der Waals surface area contributed by atoms with Crippen LogP contribution in [0.15, 0.2) is 51.8 Å².